The average molecular weight is 324 g/mol. The number of esters is 1. The van der Waals surface area contributed by atoms with Gasteiger partial charge in [0.2, 0.25) is 5.43 Å². The van der Waals surface area contributed by atoms with Crippen LogP contribution in [0.25, 0.3) is 10.9 Å². The lowest BCUT2D eigenvalue weighted by Gasteiger charge is -2.09. The van der Waals surface area contributed by atoms with Gasteiger partial charge in [-0.05, 0) is 31.5 Å². The summed E-state index contributed by atoms with van der Waals surface area (Å²) >= 11 is 3.33. The highest BCUT2D eigenvalue weighted by molar-refractivity contribution is 9.10. The number of rotatable bonds is 3. The number of H-pyrrole nitrogens is 1. The van der Waals surface area contributed by atoms with E-state index in [1.807, 2.05) is 19.1 Å². The number of pyridine rings is 1. The van der Waals surface area contributed by atoms with Crippen LogP contribution in [-0.4, -0.2) is 17.6 Å². The van der Waals surface area contributed by atoms with Crippen molar-refractivity contribution in [3.8, 4) is 0 Å². The lowest BCUT2D eigenvalue weighted by molar-refractivity contribution is 0.0523. The van der Waals surface area contributed by atoms with Crippen molar-refractivity contribution in [3.05, 3.63) is 44.2 Å². The summed E-state index contributed by atoms with van der Waals surface area (Å²) in [4.78, 5) is 27.5. The van der Waals surface area contributed by atoms with Gasteiger partial charge in [0.05, 0.1) is 6.61 Å². The van der Waals surface area contributed by atoms with Crippen molar-refractivity contribution in [1.82, 2.24) is 4.98 Å². The minimum absolute atomic E-state index is 0.106. The average Bonchev–Trinajstić information content (AvgIpc) is 2.39. The Kier molecular flexibility index (Phi) is 4.04. The second kappa shape index (κ2) is 5.57. The molecule has 0 bridgehead atoms. The number of fused-ring (bicyclic) bond motifs is 1. The minimum atomic E-state index is -0.567. The Labute approximate surface area is 118 Å². The molecule has 1 heterocycles. The number of aromatic nitrogens is 1. The van der Waals surface area contributed by atoms with E-state index in [1.54, 1.807) is 13.0 Å². The molecule has 0 fully saturated rings. The summed E-state index contributed by atoms with van der Waals surface area (Å²) in [5.41, 5.74) is 1.15. The Morgan fingerprint density at radius 2 is 2.11 bits per heavy atom. The molecule has 0 amide bonds. The highest BCUT2D eigenvalue weighted by atomic mass is 79.9. The Morgan fingerprint density at radius 1 is 1.37 bits per heavy atom. The smallest absolute Gasteiger partial charge is 0.343 e. The first-order valence-electron chi connectivity index (χ1n) is 6.10. The van der Waals surface area contributed by atoms with Gasteiger partial charge in [-0.25, -0.2) is 4.79 Å². The number of aromatic amines is 1. The summed E-state index contributed by atoms with van der Waals surface area (Å²) in [6.45, 7) is 3.85. The second-order valence-electron chi connectivity index (χ2n) is 4.07. The van der Waals surface area contributed by atoms with Crippen molar-refractivity contribution in [2.24, 2.45) is 0 Å². The van der Waals surface area contributed by atoms with E-state index >= 15 is 0 Å². The minimum Gasteiger partial charge on any atom is -0.462 e. The quantitative estimate of drug-likeness (QED) is 0.883. The number of ether oxygens (including phenoxy) is 1. The Balaban J connectivity index is 2.77. The molecule has 4 nitrogen and oxygen atoms in total. The topological polar surface area (TPSA) is 59.2 Å². The van der Waals surface area contributed by atoms with Crippen molar-refractivity contribution in [2.75, 3.05) is 6.61 Å². The fourth-order valence-corrected chi connectivity index (χ4v) is 2.36. The van der Waals surface area contributed by atoms with Crippen LogP contribution in [0.1, 0.15) is 29.9 Å². The molecule has 0 aliphatic carbocycles. The Hall–Kier alpha value is -1.62. The van der Waals surface area contributed by atoms with Crippen LogP contribution in [0.5, 0.6) is 0 Å². The molecule has 2 rings (SSSR count). The number of carbonyl (C=O) groups excluding carboxylic acids is 1. The number of hydrogen-bond donors (Lipinski definition) is 1. The van der Waals surface area contributed by atoms with Gasteiger partial charge in [0.15, 0.2) is 0 Å². The maximum Gasteiger partial charge on any atom is 0.343 e. The Morgan fingerprint density at radius 3 is 2.74 bits per heavy atom. The van der Waals surface area contributed by atoms with Crippen LogP contribution in [0, 0.1) is 0 Å². The van der Waals surface area contributed by atoms with E-state index in [4.69, 9.17) is 4.74 Å². The van der Waals surface area contributed by atoms with Gasteiger partial charge in [-0.2, -0.15) is 0 Å². The SMILES string of the molecule is CCOC(=O)c1c(CC)[nH]c2ccc(Br)cc2c1=O. The number of nitrogens with one attached hydrogen (secondary N) is 1. The molecule has 1 aromatic heterocycles. The standard InChI is InChI=1S/C14H14BrNO3/c1-3-10-12(14(18)19-4-2)13(17)9-7-8(15)5-6-11(9)16-10/h5-7H,3-4H2,1-2H3,(H,16,17). The molecule has 1 N–H and O–H groups in total. The van der Waals surface area contributed by atoms with Crippen molar-refractivity contribution < 1.29 is 9.53 Å². The van der Waals surface area contributed by atoms with Gasteiger partial charge in [0, 0.05) is 21.1 Å². The molecule has 100 valence electrons. The predicted octanol–water partition coefficient (Wildman–Crippen LogP) is 3.03. The van der Waals surface area contributed by atoms with Crippen molar-refractivity contribution in [3.63, 3.8) is 0 Å². The molecule has 0 spiro atoms. The molecule has 5 heteroatoms. The van der Waals surface area contributed by atoms with Crippen LogP contribution in [0.4, 0.5) is 0 Å². The van der Waals surface area contributed by atoms with E-state index in [2.05, 4.69) is 20.9 Å². The van der Waals surface area contributed by atoms with Crippen molar-refractivity contribution in [1.29, 1.82) is 0 Å². The molecule has 0 saturated heterocycles. The molecule has 1 aromatic carbocycles. The van der Waals surface area contributed by atoms with E-state index in [0.29, 0.717) is 17.5 Å². The van der Waals surface area contributed by atoms with Crippen LogP contribution >= 0.6 is 15.9 Å². The third kappa shape index (κ3) is 2.56. The number of benzene rings is 1. The molecule has 0 radical (unpaired) electrons. The first kappa shape index (κ1) is 13.8. The van der Waals surface area contributed by atoms with E-state index in [9.17, 15) is 9.59 Å². The zero-order chi connectivity index (χ0) is 14.0. The van der Waals surface area contributed by atoms with E-state index < -0.39 is 5.97 Å². The summed E-state index contributed by atoms with van der Waals surface area (Å²) in [5, 5.41) is 0.481. The zero-order valence-electron chi connectivity index (χ0n) is 10.7. The van der Waals surface area contributed by atoms with Crippen molar-refractivity contribution in [2.45, 2.75) is 20.3 Å². The summed E-state index contributed by atoms with van der Waals surface area (Å²) < 4.78 is 5.76. The molecule has 0 saturated carbocycles. The first-order chi connectivity index (χ1) is 9.08. The monoisotopic (exact) mass is 323 g/mol. The fourth-order valence-electron chi connectivity index (χ4n) is 1.99. The van der Waals surface area contributed by atoms with Crippen LogP contribution in [0.2, 0.25) is 0 Å². The molecular formula is C14H14BrNO3. The van der Waals surface area contributed by atoms with Crippen LogP contribution in [0.15, 0.2) is 27.5 Å². The van der Waals surface area contributed by atoms with Gasteiger partial charge >= 0.3 is 5.97 Å². The molecule has 2 aromatic rings. The normalized spacial score (nSPS) is 10.7. The summed E-state index contributed by atoms with van der Waals surface area (Å²) in [6, 6.07) is 5.37. The van der Waals surface area contributed by atoms with Crippen molar-refractivity contribution >= 4 is 32.8 Å². The maximum absolute atomic E-state index is 12.4. The van der Waals surface area contributed by atoms with Gasteiger partial charge in [0.25, 0.3) is 0 Å². The van der Waals surface area contributed by atoms with Gasteiger partial charge in [-0.15, -0.1) is 0 Å². The molecule has 0 unspecified atom stereocenters. The zero-order valence-corrected chi connectivity index (χ0v) is 12.3. The predicted molar refractivity (Wildman–Crippen MR) is 77.6 cm³/mol. The Bertz CT molecular complexity index is 691. The molecule has 19 heavy (non-hydrogen) atoms. The highest BCUT2D eigenvalue weighted by Crippen LogP contribution is 2.18. The lowest BCUT2D eigenvalue weighted by atomic mass is 10.1. The van der Waals surface area contributed by atoms with Gasteiger partial charge < -0.3 is 9.72 Å². The van der Waals surface area contributed by atoms with Crippen LogP contribution < -0.4 is 5.43 Å². The molecule has 0 atom stereocenters. The van der Waals surface area contributed by atoms with Crippen LogP contribution in [0.3, 0.4) is 0 Å². The third-order valence-electron chi connectivity index (χ3n) is 2.87. The number of aryl methyl sites for hydroxylation is 1. The fraction of sp³-hybridized carbons (Fsp3) is 0.286. The number of carbonyl (C=O) groups is 1. The van der Waals surface area contributed by atoms with Gasteiger partial charge in [-0.1, -0.05) is 22.9 Å². The molecule has 0 aliphatic rings. The number of halogens is 1. The summed E-state index contributed by atoms with van der Waals surface area (Å²) in [5.74, 6) is -0.567. The molecule has 0 aliphatic heterocycles. The van der Waals surface area contributed by atoms with E-state index in [0.717, 1.165) is 9.99 Å². The third-order valence-corrected chi connectivity index (χ3v) is 3.37. The summed E-state index contributed by atoms with van der Waals surface area (Å²) in [6.07, 6.45) is 0.565. The van der Waals surface area contributed by atoms with Crippen LogP contribution in [-0.2, 0) is 11.2 Å². The molecular weight excluding hydrogens is 310 g/mol. The largest absolute Gasteiger partial charge is 0.462 e. The van der Waals surface area contributed by atoms with E-state index in [-0.39, 0.29) is 17.6 Å². The second-order valence-corrected chi connectivity index (χ2v) is 4.99. The highest BCUT2D eigenvalue weighted by Gasteiger charge is 2.19. The number of hydrogen-bond acceptors (Lipinski definition) is 3. The first-order valence-corrected chi connectivity index (χ1v) is 6.89. The van der Waals surface area contributed by atoms with E-state index in [1.165, 1.54) is 0 Å². The van der Waals surface area contributed by atoms with Gasteiger partial charge in [0.1, 0.15) is 5.56 Å². The maximum atomic E-state index is 12.4. The lowest BCUT2D eigenvalue weighted by Crippen LogP contribution is -2.21. The van der Waals surface area contributed by atoms with Gasteiger partial charge in [-0.3, -0.25) is 4.79 Å². The summed E-state index contributed by atoms with van der Waals surface area (Å²) in [7, 11) is 0.